The summed E-state index contributed by atoms with van der Waals surface area (Å²) in [4.78, 5) is 18.3. The van der Waals surface area contributed by atoms with Gasteiger partial charge in [0.25, 0.3) is 5.91 Å². The molecule has 21 heavy (non-hydrogen) atoms. The number of aromatic nitrogens is 1. The topological polar surface area (TPSA) is 53.4 Å². The van der Waals surface area contributed by atoms with E-state index in [-0.39, 0.29) is 5.91 Å². The lowest BCUT2D eigenvalue weighted by Gasteiger charge is -2.13. The van der Waals surface area contributed by atoms with Crippen molar-refractivity contribution in [2.45, 2.75) is 12.5 Å². The minimum Gasteiger partial charge on any atom is -0.391 e. The van der Waals surface area contributed by atoms with Crippen LogP contribution in [0.5, 0.6) is 0 Å². The van der Waals surface area contributed by atoms with Gasteiger partial charge in [0.15, 0.2) is 0 Å². The van der Waals surface area contributed by atoms with E-state index in [0.717, 1.165) is 10.6 Å². The van der Waals surface area contributed by atoms with Crippen molar-refractivity contribution in [3.05, 3.63) is 39.3 Å². The number of amides is 1. The van der Waals surface area contributed by atoms with Gasteiger partial charge in [-0.1, -0.05) is 29.3 Å². The molecule has 1 aromatic carbocycles. The fourth-order valence-corrected chi connectivity index (χ4v) is 3.31. The molecule has 110 valence electrons. The number of likely N-dealkylation sites (tertiary alicyclic amines) is 1. The van der Waals surface area contributed by atoms with Crippen molar-refractivity contribution < 1.29 is 9.90 Å². The third-order valence-corrected chi connectivity index (χ3v) is 4.97. The van der Waals surface area contributed by atoms with Crippen LogP contribution in [0.25, 0.3) is 10.6 Å². The highest BCUT2D eigenvalue weighted by atomic mass is 35.5. The van der Waals surface area contributed by atoms with Gasteiger partial charge in [-0.25, -0.2) is 4.98 Å². The average Bonchev–Trinajstić information content (AvgIpc) is 3.10. The molecule has 0 aliphatic carbocycles. The second kappa shape index (κ2) is 5.93. The van der Waals surface area contributed by atoms with E-state index in [1.54, 1.807) is 22.4 Å². The summed E-state index contributed by atoms with van der Waals surface area (Å²) in [6.45, 7) is 0.943. The predicted octanol–water partition coefficient (Wildman–Crippen LogP) is 3.32. The minimum atomic E-state index is -0.429. The summed E-state index contributed by atoms with van der Waals surface area (Å²) in [5.74, 6) is -0.144. The Bertz CT molecular complexity index is 689. The van der Waals surface area contributed by atoms with Crippen molar-refractivity contribution >= 4 is 40.4 Å². The van der Waals surface area contributed by atoms with E-state index >= 15 is 0 Å². The summed E-state index contributed by atoms with van der Waals surface area (Å²) in [6, 6.07) is 5.26. The molecular formula is C14H12Cl2N2O2S. The number of carbonyl (C=O) groups is 1. The lowest BCUT2D eigenvalue weighted by molar-refractivity contribution is 0.0760. The number of aliphatic hydroxyl groups is 1. The highest BCUT2D eigenvalue weighted by molar-refractivity contribution is 7.13. The number of thiazole rings is 1. The van der Waals surface area contributed by atoms with Gasteiger partial charge in [-0.15, -0.1) is 11.3 Å². The van der Waals surface area contributed by atoms with Gasteiger partial charge < -0.3 is 10.0 Å². The summed E-state index contributed by atoms with van der Waals surface area (Å²) in [6.07, 6.45) is 0.192. The van der Waals surface area contributed by atoms with Crippen LogP contribution in [-0.4, -0.2) is 40.1 Å². The molecule has 1 fully saturated rings. The van der Waals surface area contributed by atoms with Crippen LogP contribution in [0.2, 0.25) is 10.0 Å². The second-order valence-electron chi connectivity index (χ2n) is 4.86. The summed E-state index contributed by atoms with van der Waals surface area (Å²) in [5.41, 5.74) is 1.23. The summed E-state index contributed by atoms with van der Waals surface area (Å²) >= 11 is 13.3. The quantitative estimate of drug-likeness (QED) is 0.910. The number of hydrogen-bond acceptors (Lipinski definition) is 4. The van der Waals surface area contributed by atoms with E-state index < -0.39 is 6.10 Å². The molecule has 1 aliphatic heterocycles. The minimum absolute atomic E-state index is 0.144. The Morgan fingerprint density at radius 3 is 2.86 bits per heavy atom. The standard InChI is InChI=1S/C14H12Cl2N2O2S/c15-10-2-1-8(5-11(10)16)13-17-12(7-21-13)14(20)18-4-3-9(19)6-18/h1-2,5,7,9,19H,3-4,6H2/t9-/m0/s1. The van der Waals surface area contributed by atoms with E-state index in [0.29, 0.717) is 35.2 Å². The zero-order valence-corrected chi connectivity index (χ0v) is 13.3. The normalized spacial score (nSPS) is 18.2. The summed E-state index contributed by atoms with van der Waals surface area (Å²) < 4.78 is 0. The maximum Gasteiger partial charge on any atom is 0.273 e. The number of carbonyl (C=O) groups excluding carboxylic acids is 1. The molecule has 0 saturated carbocycles. The molecule has 1 aromatic heterocycles. The van der Waals surface area contributed by atoms with Crippen LogP contribution in [0.15, 0.2) is 23.6 Å². The molecule has 7 heteroatoms. The highest BCUT2D eigenvalue weighted by Crippen LogP contribution is 2.30. The lowest BCUT2D eigenvalue weighted by Crippen LogP contribution is -2.29. The number of benzene rings is 1. The first-order chi connectivity index (χ1) is 10.0. The Kier molecular flexibility index (Phi) is 4.17. The van der Waals surface area contributed by atoms with Crippen molar-refractivity contribution in [3.63, 3.8) is 0 Å². The second-order valence-corrected chi connectivity index (χ2v) is 6.53. The van der Waals surface area contributed by atoms with Gasteiger partial charge in [0.1, 0.15) is 10.7 Å². The molecule has 0 bridgehead atoms. The Balaban J connectivity index is 1.82. The van der Waals surface area contributed by atoms with Gasteiger partial charge in [0.2, 0.25) is 0 Å². The van der Waals surface area contributed by atoms with E-state index in [4.69, 9.17) is 23.2 Å². The number of β-amino-alcohol motifs (C(OH)–C–C–N with tert-alkyl or cyclic N) is 1. The van der Waals surface area contributed by atoms with Gasteiger partial charge in [-0.3, -0.25) is 4.79 Å². The molecule has 0 unspecified atom stereocenters. The van der Waals surface area contributed by atoms with E-state index in [1.165, 1.54) is 11.3 Å². The molecule has 0 radical (unpaired) electrons. The molecule has 2 heterocycles. The Morgan fingerprint density at radius 2 is 2.19 bits per heavy atom. The molecule has 4 nitrogen and oxygen atoms in total. The Labute approximate surface area is 135 Å². The fraction of sp³-hybridized carbons (Fsp3) is 0.286. The third kappa shape index (κ3) is 3.06. The van der Waals surface area contributed by atoms with Gasteiger partial charge in [0, 0.05) is 24.0 Å². The van der Waals surface area contributed by atoms with Crippen molar-refractivity contribution in [1.29, 1.82) is 0 Å². The first-order valence-corrected chi connectivity index (χ1v) is 8.06. The van der Waals surface area contributed by atoms with Crippen LogP contribution in [0.4, 0.5) is 0 Å². The first-order valence-electron chi connectivity index (χ1n) is 6.43. The first kappa shape index (κ1) is 14.8. The van der Waals surface area contributed by atoms with Crippen LogP contribution in [0.3, 0.4) is 0 Å². The largest absolute Gasteiger partial charge is 0.391 e. The van der Waals surface area contributed by atoms with E-state index in [2.05, 4.69) is 4.98 Å². The zero-order chi connectivity index (χ0) is 15.0. The molecule has 1 N–H and O–H groups in total. The molecular weight excluding hydrogens is 331 g/mol. The maximum atomic E-state index is 12.3. The molecule has 1 saturated heterocycles. The monoisotopic (exact) mass is 342 g/mol. The van der Waals surface area contributed by atoms with Gasteiger partial charge in [-0.2, -0.15) is 0 Å². The number of aliphatic hydroxyl groups excluding tert-OH is 1. The van der Waals surface area contributed by atoms with Crippen molar-refractivity contribution in [2.24, 2.45) is 0 Å². The Hall–Kier alpha value is -1.14. The number of hydrogen-bond donors (Lipinski definition) is 1. The molecule has 2 aromatic rings. The maximum absolute atomic E-state index is 12.3. The van der Waals surface area contributed by atoms with Crippen LogP contribution in [0.1, 0.15) is 16.9 Å². The third-order valence-electron chi connectivity index (χ3n) is 3.34. The number of halogens is 2. The summed E-state index contributed by atoms with van der Waals surface area (Å²) in [5, 5.41) is 12.9. The van der Waals surface area contributed by atoms with E-state index in [1.807, 2.05) is 6.07 Å². The molecule has 3 rings (SSSR count). The number of rotatable bonds is 2. The van der Waals surface area contributed by atoms with Crippen LogP contribution < -0.4 is 0 Å². The van der Waals surface area contributed by atoms with Crippen LogP contribution in [0, 0.1) is 0 Å². The number of nitrogens with zero attached hydrogens (tertiary/aromatic N) is 2. The predicted molar refractivity (Wildman–Crippen MR) is 84.1 cm³/mol. The lowest BCUT2D eigenvalue weighted by atomic mass is 10.2. The zero-order valence-electron chi connectivity index (χ0n) is 10.9. The Morgan fingerprint density at radius 1 is 1.38 bits per heavy atom. The fourth-order valence-electron chi connectivity index (χ4n) is 2.22. The smallest absolute Gasteiger partial charge is 0.273 e. The molecule has 0 spiro atoms. The van der Waals surface area contributed by atoms with Gasteiger partial charge in [-0.05, 0) is 18.6 Å². The van der Waals surface area contributed by atoms with Crippen molar-refractivity contribution in [3.8, 4) is 10.6 Å². The van der Waals surface area contributed by atoms with Crippen LogP contribution in [-0.2, 0) is 0 Å². The average molecular weight is 343 g/mol. The van der Waals surface area contributed by atoms with Gasteiger partial charge in [0.05, 0.1) is 16.1 Å². The molecule has 1 atom stereocenters. The van der Waals surface area contributed by atoms with E-state index in [9.17, 15) is 9.90 Å². The van der Waals surface area contributed by atoms with Crippen LogP contribution >= 0.6 is 34.5 Å². The highest BCUT2D eigenvalue weighted by Gasteiger charge is 2.26. The van der Waals surface area contributed by atoms with Crippen molar-refractivity contribution in [1.82, 2.24) is 9.88 Å². The van der Waals surface area contributed by atoms with Gasteiger partial charge >= 0.3 is 0 Å². The molecule has 1 amide bonds. The summed E-state index contributed by atoms with van der Waals surface area (Å²) in [7, 11) is 0. The SMILES string of the molecule is O=C(c1csc(-c2ccc(Cl)c(Cl)c2)n1)N1CC[C@H](O)C1. The van der Waals surface area contributed by atoms with Crippen molar-refractivity contribution in [2.75, 3.05) is 13.1 Å². The molecule has 1 aliphatic rings.